The van der Waals surface area contributed by atoms with E-state index in [1.807, 2.05) is 6.92 Å². The van der Waals surface area contributed by atoms with E-state index in [0.29, 0.717) is 11.4 Å². The normalized spacial score (nSPS) is 12.0. The van der Waals surface area contributed by atoms with Crippen molar-refractivity contribution in [2.24, 2.45) is 0 Å². The summed E-state index contributed by atoms with van der Waals surface area (Å²) < 4.78 is 29.5. The van der Waals surface area contributed by atoms with E-state index in [0.717, 1.165) is 10.0 Å². The molecule has 1 aromatic carbocycles. The maximum absolute atomic E-state index is 12.1. The van der Waals surface area contributed by atoms with Gasteiger partial charge in [-0.1, -0.05) is 27.6 Å². The monoisotopic (exact) mass is 310 g/mol. The van der Waals surface area contributed by atoms with Crippen molar-refractivity contribution in [2.45, 2.75) is 13.5 Å². The number of benzene rings is 1. The van der Waals surface area contributed by atoms with Gasteiger partial charge in [-0.2, -0.15) is 8.78 Å². The van der Waals surface area contributed by atoms with Gasteiger partial charge in [0.1, 0.15) is 5.75 Å². The van der Waals surface area contributed by atoms with Gasteiger partial charge in [0.05, 0.1) is 0 Å². The highest BCUT2D eigenvalue weighted by Crippen LogP contribution is 2.27. The number of allylic oxidation sites excluding steroid dienone is 1. The highest BCUT2D eigenvalue weighted by Gasteiger charge is 2.08. The maximum atomic E-state index is 12.1. The topological polar surface area (TPSA) is 9.23 Å². The van der Waals surface area contributed by atoms with Gasteiger partial charge >= 0.3 is 6.61 Å². The van der Waals surface area contributed by atoms with Gasteiger partial charge in [-0.3, -0.25) is 0 Å². The molecule has 0 aliphatic heterocycles. The fourth-order valence-electron chi connectivity index (χ4n) is 1.14. The molecular weight excluding hydrogens is 301 g/mol. The lowest BCUT2D eigenvalue weighted by atomic mass is 10.1. The smallest absolute Gasteiger partial charge is 0.387 e. The first kappa shape index (κ1) is 13.5. The van der Waals surface area contributed by atoms with Crippen LogP contribution in [0.2, 0.25) is 0 Å². The van der Waals surface area contributed by atoms with Crippen LogP contribution >= 0.6 is 27.5 Å². The molecule has 0 unspecified atom stereocenters. The summed E-state index contributed by atoms with van der Waals surface area (Å²) in [5.74, 6) is 0.489. The third kappa shape index (κ3) is 4.10. The number of ether oxygens (including phenoxy) is 1. The molecular formula is C11H10BrClF2O. The second-order valence-electron chi connectivity index (χ2n) is 3.18. The Morgan fingerprint density at radius 3 is 2.81 bits per heavy atom. The fourth-order valence-corrected chi connectivity index (χ4v) is 1.60. The fraction of sp³-hybridized carbons (Fsp3) is 0.273. The highest BCUT2D eigenvalue weighted by atomic mass is 79.9. The lowest BCUT2D eigenvalue weighted by molar-refractivity contribution is -0.0500. The van der Waals surface area contributed by atoms with Crippen LogP contribution in [0, 0.1) is 0 Å². The van der Waals surface area contributed by atoms with E-state index in [4.69, 9.17) is 11.6 Å². The van der Waals surface area contributed by atoms with Gasteiger partial charge < -0.3 is 4.74 Å². The van der Waals surface area contributed by atoms with Crippen LogP contribution in [0.15, 0.2) is 28.2 Å². The Labute approximate surface area is 106 Å². The van der Waals surface area contributed by atoms with Crippen LogP contribution in [0.1, 0.15) is 12.5 Å². The molecule has 0 heterocycles. The Balaban J connectivity index is 3.08. The standard InChI is InChI=1S/C11H10BrClF2O/c1-7(6-13)4-8-5-9(12)2-3-10(8)16-11(14)15/h2-5,11H,6H2,1H3. The Bertz CT molecular complexity index is 394. The first-order chi connectivity index (χ1) is 7.52. The van der Waals surface area contributed by atoms with Gasteiger partial charge in [0.2, 0.25) is 0 Å². The Morgan fingerprint density at radius 1 is 1.56 bits per heavy atom. The zero-order valence-electron chi connectivity index (χ0n) is 8.51. The van der Waals surface area contributed by atoms with E-state index in [1.165, 1.54) is 6.07 Å². The van der Waals surface area contributed by atoms with Crippen LogP contribution in [0.3, 0.4) is 0 Å². The Kier molecular flexibility index (Phi) is 5.22. The van der Waals surface area contributed by atoms with Crippen LogP contribution in [0.4, 0.5) is 8.78 Å². The van der Waals surface area contributed by atoms with E-state index in [2.05, 4.69) is 20.7 Å². The number of alkyl halides is 3. The molecule has 1 aromatic rings. The van der Waals surface area contributed by atoms with Crippen molar-refractivity contribution in [3.05, 3.63) is 33.8 Å². The Hall–Kier alpha value is -0.610. The van der Waals surface area contributed by atoms with E-state index in [9.17, 15) is 8.78 Å². The molecule has 0 saturated carbocycles. The van der Waals surface area contributed by atoms with Gasteiger partial charge in [-0.15, -0.1) is 11.6 Å². The maximum Gasteiger partial charge on any atom is 0.387 e. The van der Waals surface area contributed by atoms with Crippen molar-refractivity contribution in [2.75, 3.05) is 5.88 Å². The van der Waals surface area contributed by atoms with Crippen molar-refractivity contribution in [3.8, 4) is 5.75 Å². The van der Waals surface area contributed by atoms with Crippen molar-refractivity contribution < 1.29 is 13.5 Å². The molecule has 0 bridgehead atoms. The number of hydrogen-bond acceptors (Lipinski definition) is 1. The van der Waals surface area contributed by atoms with Gasteiger partial charge in [-0.25, -0.2) is 0 Å². The largest absolute Gasteiger partial charge is 0.434 e. The zero-order chi connectivity index (χ0) is 12.1. The molecule has 0 radical (unpaired) electrons. The highest BCUT2D eigenvalue weighted by molar-refractivity contribution is 9.10. The van der Waals surface area contributed by atoms with Crippen molar-refractivity contribution in [1.82, 2.24) is 0 Å². The molecule has 0 saturated heterocycles. The van der Waals surface area contributed by atoms with E-state index >= 15 is 0 Å². The second-order valence-corrected chi connectivity index (χ2v) is 4.37. The van der Waals surface area contributed by atoms with E-state index < -0.39 is 6.61 Å². The average Bonchev–Trinajstić information content (AvgIpc) is 2.21. The molecule has 1 nitrogen and oxygen atoms in total. The molecule has 0 aliphatic rings. The minimum Gasteiger partial charge on any atom is -0.434 e. The number of rotatable bonds is 4. The van der Waals surface area contributed by atoms with Crippen LogP contribution in [-0.2, 0) is 0 Å². The summed E-state index contributed by atoms with van der Waals surface area (Å²) in [5, 5.41) is 0. The average molecular weight is 312 g/mol. The second kappa shape index (κ2) is 6.21. The van der Waals surface area contributed by atoms with Crippen molar-refractivity contribution >= 4 is 33.6 Å². The summed E-state index contributed by atoms with van der Waals surface area (Å²) in [7, 11) is 0. The van der Waals surface area contributed by atoms with Crippen LogP contribution in [0.25, 0.3) is 6.08 Å². The zero-order valence-corrected chi connectivity index (χ0v) is 10.9. The van der Waals surface area contributed by atoms with Gasteiger partial charge in [0.15, 0.2) is 0 Å². The lowest BCUT2D eigenvalue weighted by Gasteiger charge is -2.09. The van der Waals surface area contributed by atoms with E-state index in [1.54, 1.807) is 18.2 Å². The van der Waals surface area contributed by atoms with Gasteiger partial charge in [-0.05, 0) is 25.1 Å². The third-order valence-corrected chi connectivity index (χ3v) is 2.72. The van der Waals surface area contributed by atoms with Crippen molar-refractivity contribution in [3.63, 3.8) is 0 Å². The third-order valence-electron chi connectivity index (χ3n) is 1.80. The van der Waals surface area contributed by atoms with Crippen molar-refractivity contribution in [1.29, 1.82) is 0 Å². The molecule has 1 rings (SSSR count). The summed E-state index contributed by atoms with van der Waals surface area (Å²) in [6.07, 6.45) is 1.72. The van der Waals surface area contributed by atoms with Crippen LogP contribution in [0.5, 0.6) is 5.75 Å². The van der Waals surface area contributed by atoms with Gasteiger partial charge in [0.25, 0.3) is 0 Å². The first-order valence-corrected chi connectivity index (χ1v) is 5.83. The molecule has 5 heteroatoms. The molecule has 0 fully saturated rings. The first-order valence-electron chi connectivity index (χ1n) is 4.50. The van der Waals surface area contributed by atoms with Crippen LogP contribution < -0.4 is 4.74 Å². The summed E-state index contributed by atoms with van der Waals surface area (Å²) in [5.41, 5.74) is 1.45. The molecule has 0 atom stereocenters. The molecule has 0 spiro atoms. The van der Waals surface area contributed by atoms with E-state index in [-0.39, 0.29) is 5.75 Å². The summed E-state index contributed by atoms with van der Waals surface area (Å²) >= 11 is 8.90. The molecule has 0 amide bonds. The molecule has 0 aromatic heterocycles. The van der Waals surface area contributed by atoms with Gasteiger partial charge in [0, 0.05) is 15.9 Å². The Morgan fingerprint density at radius 2 is 2.25 bits per heavy atom. The predicted molar refractivity (Wildman–Crippen MR) is 65.1 cm³/mol. The predicted octanol–water partition coefficient (Wildman–Crippen LogP) is 4.69. The summed E-state index contributed by atoms with van der Waals surface area (Å²) in [4.78, 5) is 0. The number of hydrogen-bond donors (Lipinski definition) is 0. The quantitative estimate of drug-likeness (QED) is 0.733. The number of halogens is 4. The minimum absolute atomic E-state index is 0.141. The minimum atomic E-state index is -2.83. The summed E-state index contributed by atoms with van der Waals surface area (Å²) in [6.45, 7) is -1.01. The lowest BCUT2D eigenvalue weighted by Crippen LogP contribution is -2.03. The molecule has 0 aliphatic carbocycles. The molecule has 16 heavy (non-hydrogen) atoms. The van der Waals surface area contributed by atoms with Crippen LogP contribution in [-0.4, -0.2) is 12.5 Å². The molecule has 0 N–H and O–H groups in total. The SMILES string of the molecule is CC(=Cc1cc(Br)ccc1OC(F)F)CCl. The summed E-state index contributed by atoms with van der Waals surface area (Å²) in [6, 6.07) is 4.84. The molecule has 88 valence electrons.